The van der Waals surface area contributed by atoms with E-state index in [0.717, 1.165) is 11.5 Å². The maximum absolute atomic E-state index is 2.58. The second-order valence-corrected chi connectivity index (χ2v) is 4.35. The topological polar surface area (TPSA) is 3.24 Å². The lowest BCUT2D eigenvalue weighted by Gasteiger charge is -2.29. The summed E-state index contributed by atoms with van der Waals surface area (Å²) in [6.07, 6.45) is 7.30. The van der Waals surface area contributed by atoms with Crippen LogP contribution in [-0.2, 0) is 0 Å². The Morgan fingerprint density at radius 3 is 2.91 bits per heavy atom. The third-order valence-electron chi connectivity index (χ3n) is 4.06. The SMILES string of the molecule is CCC12CCCC1N(C)CC2. The molecule has 11 heavy (non-hydrogen) atoms. The zero-order valence-electron chi connectivity index (χ0n) is 7.77. The fourth-order valence-electron chi connectivity index (χ4n) is 3.24. The van der Waals surface area contributed by atoms with Gasteiger partial charge in [0.25, 0.3) is 0 Å². The zero-order valence-corrected chi connectivity index (χ0v) is 7.77. The van der Waals surface area contributed by atoms with Crippen LogP contribution < -0.4 is 0 Å². The van der Waals surface area contributed by atoms with Gasteiger partial charge in [0, 0.05) is 6.04 Å². The largest absolute Gasteiger partial charge is 0.303 e. The molecule has 1 saturated heterocycles. The second kappa shape index (κ2) is 2.48. The van der Waals surface area contributed by atoms with Gasteiger partial charge in [-0.25, -0.2) is 0 Å². The van der Waals surface area contributed by atoms with Gasteiger partial charge in [-0.3, -0.25) is 0 Å². The van der Waals surface area contributed by atoms with Gasteiger partial charge in [-0.1, -0.05) is 13.3 Å². The molecule has 0 aromatic rings. The van der Waals surface area contributed by atoms with Gasteiger partial charge >= 0.3 is 0 Å². The van der Waals surface area contributed by atoms with Crippen LogP contribution in [0.15, 0.2) is 0 Å². The first-order valence-electron chi connectivity index (χ1n) is 4.99. The first kappa shape index (κ1) is 7.60. The molecule has 0 bridgehead atoms. The van der Waals surface area contributed by atoms with E-state index in [-0.39, 0.29) is 0 Å². The predicted octanol–water partition coefficient (Wildman–Crippen LogP) is 2.27. The minimum absolute atomic E-state index is 0.745. The van der Waals surface area contributed by atoms with Crippen molar-refractivity contribution in [2.75, 3.05) is 13.6 Å². The van der Waals surface area contributed by atoms with Crippen molar-refractivity contribution in [3.8, 4) is 0 Å². The number of hydrogen-bond donors (Lipinski definition) is 0. The van der Waals surface area contributed by atoms with Crippen molar-refractivity contribution in [3.05, 3.63) is 0 Å². The second-order valence-electron chi connectivity index (χ2n) is 4.35. The van der Waals surface area contributed by atoms with Crippen LogP contribution in [0.1, 0.15) is 39.0 Å². The van der Waals surface area contributed by atoms with Gasteiger partial charge in [-0.05, 0) is 44.7 Å². The highest BCUT2D eigenvalue weighted by molar-refractivity contribution is 5.01. The Morgan fingerprint density at radius 1 is 1.45 bits per heavy atom. The van der Waals surface area contributed by atoms with Gasteiger partial charge in [-0.15, -0.1) is 0 Å². The van der Waals surface area contributed by atoms with E-state index < -0.39 is 0 Å². The summed E-state index contributed by atoms with van der Waals surface area (Å²) in [7, 11) is 2.30. The molecule has 64 valence electrons. The van der Waals surface area contributed by atoms with E-state index in [1.807, 2.05) is 0 Å². The van der Waals surface area contributed by atoms with Crippen LogP contribution in [0, 0.1) is 5.41 Å². The van der Waals surface area contributed by atoms with Gasteiger partial charge in [-0.2, -0.15) is 0 Å². The fourth-order valence-corrected chi connectivity index (χ4v) is 3.24. The van der Waals surface area contributed by atoms with Crippen LogP contribution in [0.3, 0.4) is 0 Å². The highest BCUT2D eigenvalue weighted by atomic mass is 15.2. The molecule has 0 N–H and O–H groups in total. The number of hydrogen-bond acceptors (Lipinski definition) is 1. The molecule has 0 aromatic heterocycles. The Morgan fingerprint density at radius 2 is 2.27 bits per heavy atom. The molecular weight excluding hydrogens is 134 g/mol. The molecule has 0 spiro atoms. The lowest BCUT2D eigenvalue weighted by Crippen LogP contribution is -2.32. The third-order valence-corrected chi connectivity index (χ3v) is 4.06. The maximum Gasteiger partial charge on any atom is 0.0149 e. The first-order valence-corrected chi connectivity index (χ1v) is 4.99. The molecule has 0 amide bonds. The molecule has 2 rings (SSSR count). The van der Waals surface area contributed by atoms with Crippen molar-refractivity contribution in [1.29, 1.82) is 0 Å². The molecule has 1 heteroatoms. The van der Waals surface area contributed by atoms with Crippen molar-refractivity contribution in [2.24, 2.45) is 5.41 Å². The van der Waals surface area contributed by atoms with Crippen LogP contribution in [0.5, 0.6) is 0 Å². The molecule has 0 aromatic carbocycles. The zero-order chi connectivity index (χ0) is 7.90. The minimum Gasteiger partial charge on any atom is -0.303 e. The number of rotatable bonds is 1. The summed E-state index contributed by atoms with van der Waals surface area (Å²) in [6.45, 7) is 3.72. The van der Waals surface area contributed by atoms with E-state index in [9.17, 15) is 0 Å². The van der Waals surface area contributed by atoms with Crippen molar-refractivity contribution in [2.45, 2.75) is 45.1 Å². The van der Waals surface area contributed by atoms with E-state index in [4.69, 9.17) is 0 Å². The highest BCUT2D eigenvalue weighted by Gasteiger charge is 2.47. The quantitative estimate of drug-likeness (QED) is 0.558. The minimum atomic E-state index is 0.745. The molecule has 1 aliphatic heterocycles. The molecule has 1 nitrogen and oxygen atoms in total. The molecule has 1 saturated carbocycles. The van der Waals surface area contributed by atoms with Gasteiger partial charge in [0.1, 0.15) is 0 Å². The molecule has 1 aliphatic carbocycles. The molecule has 2 aliphatic rings. The molecule has 2 unspecified atom stereocenters. The van der Waals surface area contributed by atoms with E-state index >= 15 is 0 Å². The van der Waals surface area contributed by atoms with Crippen molar-refractivity contribution in [1.82, 2.24) is 4.90 Å². The summed E-state index contributed by atoms with van der Waals surface area (Å²) >= 11 is 0. The van der Waals surface area contributed by atoms with E-state index in [1.165, 1.54) is 38.6 Å². The first-order chi connectivity index (χ1) is 5.28. The van der Waals surface area contributed by atoms with Crippen LogP contribution >= 0.6 is 0 Å². The Hall–Kier alpha value is -0.0400. The summed E-state index contributed by atoms with van der Waals surface area (Å²) in [5.74, 6) is 0. The molecule has 2 atom stereocenters. The third kappa shape index (κ3) is 0.936. The number of fused-ring (bicyclic) bond motifs is 1. The van der Waals surface area contributed by atoms with Crippen molar-refractivity contribution < 1.29 is 0 Å². The summed E-state index contributed by atoms with van der Waals surface area (Å²) in [6, 6.07) is 0.937. The molecular formula is C10H19N. The summed E-state index contributed by atoms with van der Waals surface area (Å²) in [5.41, 5.74) is 0.745. The highest BCUT2D eigenvalue weighted by Crippen LogP contribution is 2.50. The summed E-state index contributed by atoms with van der Waals surface area (Å²) in [5, 5.41) is 0. The molecule has 0 radical (unpaired) electrons. The van der Waals surface area contributed by atoms with Crippen LogP contribution in [0.2, 0.25) is 0 Å². The molecule has 2 fully saturated rings. The summed E-state index contributed by atoms with van der Waals surface area (Å²) in [4.78, 5) is 2.58. The standard InChI is InChI=1S/C10H19N/c1-3-10-6-4-5-9(10)11(2)8-7-10/h9H,3-8H2,1-2H3. The predicted molar refractivity (Wildman–Crippen MR) is 47.6 cm³/mol. The molecule has 1 heterocycles. The normalized spacial score (nSPS) is 44.7. The fraction of sp³-hybridized carbons (Fsp3) is 1.00. The number of likely N-dealkylation sites (tertiary alicyclic amines) is 1. The average Bonchev–Trinajstić information content (AvgIpc) is 2.53. The average molecular weight is 153 g/mol. The van der Waals surface area contributed by atoms with Gasteiger partial charge < -0.3 is 4.90 Å². The summed E-state index contributed by atoms with van der Waals surface area (Å²) < 4.78 is 0. The van der Waals surface area contributed by atoms with Crippen molar-refractivity contribution >= 4 is 0 Å². The Labute approximate surface area is 69.8 Å². The lowest BCUT2D eigenvalue weighted by molar-refractivity contribution is 0.205. The van der Waals surface area contributed by atoms with Crippen LogP contribution in [-0.4, -0.2) is 24.5 Å². The monoisotopic (exact) mass is 153 g/mol. The maximum atomic E-state index is 2.58. The Bertz CT molecular complexity index is 155. The van der Waals surface area contributed by atoms with Crippen LogP contribution in [0.4, 0.5) is 0 Å². The van der Waals surface area contributed by atoms with E-state index in [2.05, 4.69) is 18.9 Å². The lowest BCUT2D eigenvalue weighted by atomic mass is 9.80. The van der Waals surface area contributed by atoms with Crippen LogP contribution in [0.25, 0.3) is 0 Å². The van der Waals surface area contributed by atoms with E-state index in [0.29, 0.717) is 0 Å². The Kier molecular flexibility index (Phi) is 1.71. The smallest absolute Gasteiger partial charge is 0.0149 e. The van der Waals surface area contributed by atoms with Gasteiger partial charge in [0.2, 0.25) is 0 Å². The van der Waals surface area contributed by atoms with Crippen molar-refractivity contribution in [3.63, 3.8) is 0 Å². The number of nitrogens with zero attached hydrogens (tertiary/aromatic N) is 1. The Balaban J connectivity index is 2.18. The van der Waals surface area contributed by atoms with Gasteiger partial charge in [0.05, 0.1) is 0 Å². The van der Waals surface area contributed by atoms with E-state index in [1.54, 1.807) is 0 Å². The van der Waals surface area contributed by atoms with Gasteiger partial charge in [0.15, 0.2) is 0 Å².